The highest BCUT2D eigenvalue weighted by molar-refractivity contribution is 6.02. The third-order valence-electron chi connectivity index (χ3n) is 7.59. The number of aliphatic imine (C=N–C) groups is 1. The van der Waals surface area contributed by atoms with E-state index in [0.29, 0.717) is 12.0 Å². The summed E-state index contributed by atoms with van der Waals surface area (Å²) in [5.41, 5.74) is 0.272. The summed E-state index contributed by atoms with van der Waals surface area (Å²) in [6, 6.07) is 10.1. The minimum atomic E-state index is -1.83. The van der Waals surface area contributed by atoms with E-state index in [4.69, 9.17) is 9.47 Å². The largest absolute Gasteiger partial charge is 0.507 e. The van der Waals surface area contributed by atoms with Gasteiger partial charge in [-0.1, -0.05) is 35.5 Å². The first kappa shape index (κ1) is 27.3. The second-order valence-corrected chi connectivity index (χ2v) is 9.97. The molecule has 2 aliphatic heterocycles. The molecular formula is C28H25F3N4O6. The van der Waals surface area contributed by atoms with Crippen molar-refractivity contribution in [3.8, 4) is 17.0 Å². The number of nitrogens with zero attached hydrogens (tertiary/aromatic N) is 4. The van der Waals surface area contributed by atoms with Gasteiger partial charge in [0.1, 0.15) is 41.8 Å². The molecule has 214 valence electrons. The van der Waals surface area contributed by atoms with Gasteiger partial charge in [-0.15, -0.1) is 5.10 Å². The van der Waals surface area contributed by atoms with Crippen molar-refractivity contribution in [3.63, 3.8) is 0 Å². The van der Waals surface area contributed by atoms with Crippen LogP contribution < -0.4 is 0 Å². The van der Waals surface area contributed by atoms with Gasteiger partial charge in [0.15, 0.2) is 17.5 Å². The van der Waals surface area contributed by atoms with Crippen molar-refractivity contribution in [2.24, 2.45) is 4.99 Å². The normalized spacial score (nSPS) is 28.3. The summed E-state index contributed by atoms with van der Waals surface area (Å²) in [5.74, 6) is -6.30. The number of ether oxygens (including phenoxy) is 2. The molecule has 3 heterocycles. The maximum absolute atomic E-state index is 13.8. The number of benzene rings is 3. The third-order valence-corrected chi connectivity index (χ3v) is 7.59. The minimum Gasteiger partial charge on any atom is -0.507 e. The van der Waals surface area contributed by atoms with E-state index in [0.717, 1.165) is 27.6 Å². The van der Waals surface area contributed by atoms with E-state index in [1.54, 1.807) is 12.1 Å². The van der Waals surface area contributed by atoms with Crippen LogP contribution in [-0.4, -0.2) is 85.0 Å². The van der Waals surface area contributed by atoms with Crippen LogP contribution in [0.4, 0.5) is 13.2 Å². The number of hydrogen-bond acceptors (Lipinski definition) is 9. The Kier molecular flexibility index (Phi) is 6.99. The highest BCUT2D eigenvalue weighted by Gasteiger charge is 2.61. The Bertz CT molecular complexity index is 1610. The van der Waals surface area contributed by atoms with E-state index in [1.807, 2.05) is 24.3 Å². The van der Waals surface area contributed by atoms with E-state index < -0.39 is 60.2 Å². The van der Waals surface area contributed by atoms with Crippen molar-refractivity contribution in [3.05, 3.63) is 77.7 Å². The topological polar surface area (TPSA) is 142 Å². The number of halogens is 3. The predicted octanol–water partition coefficient (Wildman–Crippen LogP) is 2.48. The van der Waals surface area contributed by atoms with Gasteiger partial charge in [0.2, 0.25) is 5.79 Å². The molecule has 6 rings (SSSR count). The van der Waals surface area contributed by atoms with Crippen molar-refractivity contribution >= 4 is 17.0 Å². The van der Waals surface area contributed by atoms with Gasteiger partial charge in [-0.25, -0.2) is 17.9 Å². The molecule has 0 radical (unpaired) electrons. The number of aliphatic hydroxyl groups is 3. The van der Waals surface area contributed by atoms with Crippen molar-refractivity contribution in [2.45, 2.75) is 42.6 Å². The SMILES string of the molecule is OC[C@H]1O[C@]2(OCC[C@H]2N=Cc2c(O)ccc3ccccc23)[C@H](O)[C@@H](n2cc(-c3cc(F)c(F)c(F)c3)nn2)[C@H]1O. The highest BCUT2D eigenvalue weighted by Crippen LogP contribution is 2.44. The molecule has 6 atom stereocenters. The average Bonchev–Trinajstić information content (AvgIpc) is 3.61. The van der Waals surface area contributed by atoms with E-state index >= 15 is 0 Å². The Labute approximate surface area is 230 Å². The van der Waals surface area contributed by atoms with Gasteiger partial charge >= 0.3 is 0 Å². The van der Waals surface area contributed by atoms with E-state index in [1.165, 1.54) is 12.4 Å². The molecule has 0 amide bonds. The van der Waals surface area contributed by atoms with Crippen LogP contribution >= 0.6 is 0 Å². The zero-order valence-corrected chi connectivity index (χ0v) is 21.3. The summed E-state index contributed by atoms with van der Waals surface area (Å²) < 4.78 is 54.0. The lowest BCUT2D eigenvalue weighted by molar-refractivity contribution is -0.342. The number of phenolic OH excluding ortho intramolecular Hbond substituents is 1. The molecule has 4 N–H and O–H groups in total. The van der Waals surface area contributed by atoms with Crippen molar-refractivity contribution < 1.29 is 43.1 Å². The molecular weight excluding hydrogens is 545 g/mol. The lowest BCUT2D eigenvalue weighted by Crippen LogP contribution is -2.66. The highest BCUT2D eigenvalue weighted by atomic mass is 19.2. The van der Waals surface area contributed by atoms with Crippen LogP contribution in [0.5, 0.6) is 5.75 Å². The molecule has 4 aromatic rings. The Morgan fingerprint density at radius 3 is 2.61 bits per heavy atom. The number of fused-ring (bicyclic) bond motifs is 1. The predicted molar refractivity (Wildman–Crippen MR) is 139 cm³/mol. The fourth-order valence-corrected chi connectivity index (χ4v) is 5.51. The van der Waals surface area contributed by atoms with E-state index in [2.05, 4.69) is 15.3 Å². The molecule has 3 aromatic carbocycles. The van der Waals surface area contributed by atoms with E-state index in [-0.39, 0.29) is 23.6 Å². The molecule has 2 aliphatic rings. The van der Waals surface area contributed by atoms with Crippen molar-refractivity contribution in [1.82, 2.24) is 15.0 Å². The maximum Gasteiger partial charge on any atom is 0.220 e. The maximum atomic E-state index is 13.8. The Morgan fingerprint density at radius 1 is 1.10 bits per heavy atom. The van der Waals surface area contributed by atoms with Crippen LogP contribution in [0.3, 0.4) is 0 Å². The first-order valence-corrected chi connectivity index (χ1v) is 12.8. The average molecular weight is 571 g/mol. The zero-order chi connectivity index (χ0) is 28.9. The molecule has 0 aliphatic carbocycles. The Hall–Kier alpha value is -3.88. The van der Waals surface area contributed by atoms with Crippen LogP contribution in [0, 0.1) is 17.5 Å². The van der Waals surface area contributed by atoms with Gasteiger partial charge < -0.3 is 29.9 Å². The van der Waals surface area contributed by atoms with Gasteiger partial charge in [-0.2, -0.15) is 0 Å². The van der Waals surface area contributed by atoms with Gasteiger partial charge in [0.05, 0.1) is 19.4 Å². The fourth-order valence-electron chi connectivity index (χ4n) is 5.51. The smallest absolute Gasteiger partial charge is 0.220 e. The number of aromatic hydroxyl groups is 1. The van der Waals surface area contributed by atoms with Crippen LogP contribution in [0.2, 0.25) is 0 Å². The molecule has 2 saturated heterocycles. The number of phenols is 1. The summed E-state index contributed by atoms with van der Waals surface area (Å²) in [6.45, 7) is -0.524. The second kappa shape index (κ2) is 10.5. The van der Waals surface area contributed by atoms with Crippen LogP contribution in [0.25, 0.3) is 22.0 Å². The summed E-state index contributed by atoms with van der Waals surface area (Å²) in [5, 5.41) is 52.6. The number of hydrogen-bond donors (Lipinski definition) is 4. The molecule has 1 spiro atoms. The molecule has 2 fully saturated rings. The molecule has 10 nitrogen and oxygen atoms in total. The van der Waals surface area contributed by atoms with Crippen molar-refractivity contribution in [2.75, 3.05) is 13.2 Å². The molecule has 0 unspecified atom stereocenters. The molecule has 0 saturated carbocycles. The summed E-state index contributed by atoms with van der Waals surface area (Å²) in [6.07, 6.45) is -1.36. The quantitative estimate of drug-likeness (QED) is 0.212. The van der Waals surface area contributed by atoms with Crippen LogP contribution in [0.1, 0.15) is 18.0 Å². The summed E-state index contributed by atoms with van der Waals surface area (Å²) in [7, 11) is 0. The van der Waals surface area contributed by atoms with Gasteiger partial charge in [0.25, 0.3) is 0 Å². The zero-order valence-electron chi connectivity index (χ0n) is 21.3. The van der Waals surface area contributed by atoms with Gasteiger partial charge in [-0.3, -0.25) is 4.99 Å². The minimum absolute atomic E-state index is 0.00382. The van der Waals surface area contributed by atoms with Crippen molar-refractivity contribution in [1.29, 1.82) is 0 Å². The van der Waals surface area contributed by atoms with Crippen LogP contribution in [-0.2, 0) is 9.47 Å². The van der Waals surface area contributed by atoms with Crippen LogP contribution in [0.15, 0.2) is 59.7 Å². The van der Waals surface area contributed by atoms with Gasteiger partial charge in [-0.05, 0) is 35.4 Å². The number of aliphatic hydroxyl groups excluding tert-OH is 3. The van der Waals surface area contributed by atoms with Gasteiger partial charge in [0, 0.05) is 17.3 Å². The summed E-state index contributed by atoms with van der Waals surface area (Å²) >= 11 is 0. The molecule has 41 heavy (non-hydrogen) atoms. The monoisotopic (exact) mass is 570 g/mol. The number of rotatable bonds is 5. The standard InChI is InChI=1S/C28H25F3N4O6/c29-18-9-15(10-19(30)24(18)31)20-12-35(34-33-20)25-26(38)22(13-36)41-28(27(25)39)23(7-8-40-28)32-11-17-16-4-2-1-3-14(16)5-6-21(17)37/h1-6,9-12,22-23,25-27,36-39H,7-8,13H2/t22-,23-,25+,26+,27-,28+/m1/s1. The third kappa shape index (κ3) is 4.55. The molecule has 0 bridgehead atoms. The lowest BCUT2D eigenvalue weighted by Gasteiger charge is -2.48. The number of aromatic nitrogens is 3. The fraction of sp³-hybridized carbons (Fsp3) is 0.321. The van der Waals surface area contributed by atoms with E-state index in [9.17, 15) is 33.6 Å². The second-order valence-electron chi connectivity index (χ2n) is 9.97. The Morgan fingerprint density at radius 2 is 1.85 bits per heavy atom. The first-order chi connectivity index (χ1) is 19.7. The molecule has 13 heteroatoms. The molecule has 1 aromatic heterocycles. The first-order valence-electron chi connectivity index (χ1n) is 12.8. The lowest BCUT2D eigenvalue weighted by atomic mass is 9.86. The summed E-state index contributed by atoms with van der Waals surface area (Å²) in [4.78, 5) is 4.61. The Balaban J connectivity index is 1.36.